The monoisotopic (exact) mass is 437 g/mol. The Morgan fingerprint density at radius 3 is 2.48 bits per heavy atom. The number of hydrogen-bond acceptors (Lipinski definition) is 3. The molecule has 0 radical (unpaired) electrons. The smallest absolute Gasteiger partial charge is 0.321 e. The molecule has 31 heavy (non-hydrogen) atoms. The van der Waals surface area contributed by atoms with E-state index in [9.17, 15) is 9.59 Å². The van der Waals surface area contributed by atoms with Gasteiger partial charge in [-0.05, 0) is 48.4 Å². The first kappa shape index (κ1) is 21.0. The summed E-state index contributed by atoms with van der Waals surface area (Å²) in [6, 6.07) is 20.4. The van der Waals surface area contributed by atoms with Gasteiger partial charge in [-0.1, -0.05) is 41.9 Å². The van der Waals surface area contributed by atoms with Crippen LogP contribution < -0.4 is 10.6 Å². The zero-order valence-electron chi connectivity index (χ0n) is 17.0. The molecular weight excluding hydrogens is 414 g/mol. The lowest BCUT2D eigenvalue weighted by molar-refractivity contribution is -0.126. The number of carbonyl (C=O) groups is 2. The zero-order valence-corrected chi connectivity index (χ0v) is 17.7. The van der Waals surface area contributed by atoms with Gasteiger partial charge in [0.15, 0.2) is 0 Å². The Balaban J connectivity index is 1.47. The molecule has 0 bridgehead atoms. The first-order chi connectivity index (χ1) is 15.1. The van der Waals surface area contributed by atoms with E-state index in [1.807, 2.05) is 36.4 Å². The van der Waals surface area contributed by atoms with E-state index in [0.29, 0.717) is 42.5 Å². The molecule has 7 heteroatoms. The van der Waals surface area contributed by atoms with Crippen LogP contribution in [0.25, 0.3) is 0 Å². The molecule has 2 atom stereocenters. The first-order valence-electron chi connectivity index (χ1n) is 10.2. The number of nitrogens with one attached hydrogen (secondary N) is 2. The summed E-state index contributed by atoms with van der Waals surface area (Å²) < 4.78 is 5.30. The number of urea groups is 1. The Bertz CT molecular complexity index is 1010. The highest BCUT2D eigenvalue weighted by Crippen LogP contribution is 2.31. The maximum Gasteiger partial charge on any atom is 0.321 e. The highest BCUT2D eigenvalue weighted by Gasteiger charge is 2.34. The fourth-order valence-electron chi connectivity index (χ4n) is 3.89. The molecule has 0 spiro atoms. The Labute approximate surface area is 186 Å². The number of hydrogen-bond donors (Lipinski definition) is 2. The fourth-order valence-corrected chi connectivity index (χ4v) is 4.02. The number of nitrogens with zero attached hydrogens (tertiary/aromatic N) is 1. The second-order valence-electron chi connectivity index (χ2n) is 7.68. The van der Waals surface area contributed by atoms with Crippen LogP contribution in [-0.4, -0.2) is 29.9 Å². The fraction of sp³-hybridized carbons (Fsp3) is 0.250. The highest BCUT2D eigenvalue weighted by atomic mass is 35.5. The lowest BCUT2D eigenvalue weighted by Gasteiger charge is -2.37. The highest BCUT2D eigenvalue weighted by molar-refractivity contribution is 6.30. The molecule has 2 aromatic carbocycles. The minimum Gasteiger partial charge on any atom is -0.467 e. The first-order valence-corrected chi connectivity index (χ1v) is 10.6. The summed E-state index contributed by atoms with van der Waals surface area (Å²) in [5.74, 6) is 0.373. The van der Waals surface area contributed by atoms with Gasteiger partial charge in [0.2, 0.25) is 5.91 Å². The molecule has 160 valence electrons. The molecule has 3 amide bonds. The van der Waals surface area contributed by atoms with Crippen molar-refractivity contribution in [3.63, 3.8) is 0 Å². The summed E-state index contributed by atoms with van der Waals surface area (Å²) in [5.41, 5.74) is 1.78. The Morgan fingerprint density at radius 2 is 1.77 bits per heavy atom. The molecule has 1 fully saturated rings. The molecule has 1 saturated heterocycles. The van der Waals surface area contributed by atoms with Crippen LogP contribution in [0.1, 0.15) is 23.7 Å². The maximum atomic E-state index is 13.0. The maximum absolute atomic E-state index is 13.0. The third-order valence-electron chi connectivity index (χ3n) is 5.49. The quantitative estimate of drug-likeness (QED) is 0.597. The second kappa shape index (κ2) is 9.71. The van der Waals surface area contributed by atoms with Crippen molar-refractivity contribution < 1.29 is 14.0 Å². The van der Waals surface area contributed by atoms with E-state index in [1.54, 1.807) is 41.5 Å². The Hall–Kier alpha value is -3.25. The SMILES string of the molecule is O=C(NCc1ccco1)[C@H]1C[C@H](c2ccccc2)CN(C(=O)Nc2ccc(Cl)cc2)C1. The van der Waals surface area contributed by atoms with E-state index < -0.39 is 0 Å². The number of piperidine rings is 1. The van der Waals surface area contributed by atoms with Gasteiger partial charge in [0.1, 0.15) is 5.76 Å². The van der Waals surface area contributed by atoms with E-state index in [4.69, 9.17) is 16.0 Å². The van der Waals surface area contributed by atoms with E-state index in [0.717, 1.165) is 5.56 Å². The molecular formula is C24H24ClN3O3. The number of carbonyl (C=O) groups excluding carboxylic acids is 2. The van der Waals surface area contributed by atoms with Crippen molar-refractivity contribution >= 4 is 29.2 Å². The van der Waals surface area contributed by atoms with Gasteiger partial charge in [0.25, 0.3) is 0 Å². The zero-order chi connectivity index (χ0) is 21.6. The molecule has 3 aromatic rings. The average molecular weight is 438 g/mol. The summed E-state index contributed by atoms with van der Waals surface area (Å²) >= 11 is 5.93. The molecule has 1 aromatic heterocycles. The van der Waals surface area contributed by atoms with Crippen LogP contribution in [0.5, 0.6) is 0 Å². The normalized spacial score (nSPS) is 18.4. The van der Waals surface area contributed by atoms with Crippen molar-refractivity contribution in [3.05, 3.63) is 89.3 Å². The predicted molar refractivity (Wildman–Crippen MR) is 120 cm³/mol. The molecule has 0 unspecified atom stereocenters. The van der Waals surface area contributed by atoms with Crippen molar-refractivity contribution in [2.75, 3.05) is 18.4 Å². The number of furan rings is 1. The third-order valence-corrected chi connectivity index (χ3v) is 5.74. The lowest BCUT2D eigenvalue weighted by Crippen LogP contribution is -2.49. The van der Waals surface area contributed by atoms with Crippen molar-refractivity contribution in [2.45, 2.75) is 18.9 Å². The molecule has 1 aliphatic heterocycles. The van der Waals surface area contributed by atoms with E-state index in [-0.39, 0.29) is 23.8 Å². The van der Waals surface area contributed by atoms with Crippen LogP contribution in [0, 0.1) is 5.92 Å². The second-order valence-corrected chi connectivity index (χ2v) is 8.12. The number of halogens is 1. The minimum atomic E-state index is -0.315. The summed E-state index contributed by atoms with van der Waals surface area (Å²) in [4.78, 5) is 27.6. The molecule has 2 N–H and O–H groups in total. The molecule has 2 heterocycles. The minimum absolute atomic E-state index is 0.0743. The van der Waals surface area contributed by atoms with Gasteiger partial charge in [0.05, 0.1) is 18.7 Å². The molecule has 4 rings (SSSR count). The predicted octanol–water partition coefficient (Wildman–Crippen LogP) is 4.89. The van der Waals surface area contributed by atoms with Gasteiger partial charge < -0.3 is 20.0 Å². The van der Waals surface area contributed by atoms with Gasteiger partial charge in [-0.3, -0.25) is 4.79 Å². The van der Waals surface area contributed by atoms with Gasteiger partial charge in [-0.2, -0.15) is 0 Å². The summed E-state index contributed by atoms with van der Waals surface area (Å²) in [6.07, 6.45) is 2.26. The molecule has 0 aliphatic carbocycles. The van der Waals surface area contributed by atoms with Crippen molar-refractivity contribution in [2.24, 2.45) is 5.92 Å². The van der Waals surface area contributed by atoms with Crippen molar-refractivity contribution in [1.82, 2.24) is 10.2 Å². The number of amides is 3. The number of benzene rings is 2. The largest absolute Gasteiger partial charge is 0.467 e. The van der Waals surface area contributed by atoms with Gasteiger partial charge in [-0.25, -0.2) is 4.79 Å². The Kier molecular flexibility index (Phi) is 6.57. The summed E-state index contributed by atoms with van der Waals surface area (Å²) in [6.45, 7) is 1.23. The number of rotatable bonds is 5. The summed E-state index contributed by atoms with van der Waals surface area (Å²) in [5, 5.41) is 6.45. The van der Waals surface area contributed by atoms with Gasteiger partial charge in [-0.15, -0.1) is 0 Å². The van der Waals surface area contributed by atoms with Crippen LogP contribution in [0.2, 0.25) is 5.02 Å². The van der Waals surface area contributed by atoms with Crippen LogP contribution in [0.4, 0.5) is 10.5 Å². The molecule has 1 aliphatic rings. The molecule has 6 nitrogen and oxygen atoms in total. The Morgan fingerprint density at radius 1 is 1.00 bits per heavy atom. The van der Waals surface area contributed by atoms with Gasteiger partial charge in [0, 0.05) is 29.7 Å². The van der Waals surface area contributed by atoms with Crippen molar-refractivity contribution in [3.8, 4) is 0 Å². The van der Waals surface area contributed by atoms with Crippen LogP contribution in [0.3, 0.4) is 0 Å². The molecule has 0 saturated carbocycles. The van der Waals surface area contributed by atoms with Gasteiger partial charge >= 0.3 is 6.03 Å². The van der Waals surface area contributed by atoms with E-state index in [2.05, 4.69) is 10.6 Å². The van der Waals surface area contributed by atoms with Crippen molar-refractivity contribution in [1.29, 1.82) is 0 Å². The topological polar surface area (TPSA) is 74.6 Å². The summed E-state index contributed by atoms with van der Waals surface area (Å²) in [7, 11) is 0. The van der Waals surface area contributed by atoms with Crippen LogP contribution in [0.15, 0.2) is 77.4 Å². The van der Waals surface area contributed by atoms with Crippen LogP contribution >= 0.6 is 11.6 Å². The number of likely N-dealkylation sites (tertiary alicyclic amines) is 1. The average Bonchev–Trinajstić information content (AvgIpc) is 3.33. The lowest BCUT2D eigenvalue weighted by atomic mass is 9.84. The van der Waals surface area contributed by atoms with E-state index in [1.165, 1.54) is 0 Å². The standard InChI is InChI=1S/C24H24ClN3O3/c25-20-8-10-21(11-9-20)27-24(30)28-15-18(17-5-2-1-3-6-17)13-19(16-28)23(29)26-14-22-7-4-12-31-22/h1-12,18-19H,13-16H2,(H,26,29)(H,27,30)/t18-,19-/m0/s1. The third kappa shape index (κ3) is 5.47. The van der Waals surface area contributed by atoms with E-state index >= 15 is 0 Å². The number of anilines is 1. The van der Waals surface area contributed by atoms with Crippen LogP contribution in [-0.2, 0) is 11.3 Å².